The Hall–Kier alpha value is -2.16. The van der Waals surface area contributed by atoms with Crippen molar-refractivity contribution in [2.45, 2.75) is 6.36 Å². The molecule has 0 radical (unpaired) electrons. The fourth-order valence-corrected chi connectivity index (χ4v) is 1.04. The smallest absolute Gasteiger partial charge is 0.324 e. The molecule has 1 aromatic rings. The molecule has 0 aliphatic carbocycles. The molecule has 1 N–H and O–H groups in total. The number of halogens is 3. The summed E-state index contributed by atoms with van der Waals surface area (Å²) in [5.74, 6) is -1.06. The molecule has 0 atom stereocenters. The van der Waals surface area contributed by atoms with Crippen molar-refractivity contribution in [2.24, 2.45) is 0 Å². The van der Waals surface area contributed by atoms with E-state index in [4.69, 9.17) is 0 Å². The quantitative estimate of drug-likeness (QED) is 0.666. The Morgan fingerprint density at radius 3 is 2.67 bits per heavy atom. The number of nitrogens with zero attached hydrogens (tertiary/aromatic N) is 1. The molecule has 1 amide bonds. The fraction of sp³-hybridized carbons (Fsp3) is 0.222. The molecule has 1 aromatic carbocycles. The lowest BCUT2D eigenvalue weighted by Crippen LogP contribution is -2.24. The van der Waals surface area contributed by atoms with E-state index in [-0.39, 0.29) is 11.4 Å². The number of hydrogen-bond acceptors (Lipinski definition) is 4. The van der Waals surface area contributed by atoms with Crippen LogP contribution in [0.5, 0.6) is 0 Å². The summed E-state index contributed by atoms with van der Waals surface area (Å²) < 4.78 is 38.2. The average Bonchev–Trinajstić information content (AvgIpc) is 2.26. The summed E-state index contributed by atoms with van der Waals surface area (Å²) in [5.41, 5.74) is -0.274. The van der Waals surface area contributed by atoms with Gasteiger partial charge in [0.2, 0.25) is 0 Å². The van der Waals surface area contributed by atoms with Gasteiger partial charge in [0.1, 0.15) is 6.61 Å². The van der Waals surface area contributed by atoms with E-state index >= 15 is 0 Å². The molecule has 98 valence electrons. The van der Waals surface area contributed by atoms with Gasteiger partial charge >= 0.3 is 6.36 Å². The van der Waals surface area contributed by atoms with Crippen LogP contribution in [0, 0.1) is 10.1 Å². The highest BCUT2D eigenvalue weighted by atomic mass is 19.4. The number of nitro benzene ring substituents is 1. The molecule has 0 saturated heterocycles. The minimum absolute atomic E-state index is 0.0139. The van der Waals surface area contributed by atoms with Gasteiger partial charge in [-0.05, 0) is 6.07 Å². The van der Waals surface area contributed by atoms with Crippen LogP contribution in [0.3, 0.4) is 0 Å². The van der Waals surface area contributed by atoms with E-state index in [0.717, 1.165) is 6.07 Å². The molecule has 0 fully saturated rings. The Labute approximate surface area is 98.5 Å². The van der Waals surface area contributed by atoms with Crippen LogP contribution in [-0.4, -0.2) is 23.8 Å². The van der Waals surface area contributed by atoms with Crippen molar-refractivity contribution in [1.29, 1.82) is 0 Å². The summed E-state index contributed by atoms with van der Waals surface area (Å²) in [6.07, 6.45) is -4.90. The maximum atomic E-state index is 11.6. The van der Waals surface area contributed by atoms with E-state index in [2.05, 4.69) is 4.74 Å². The predicted octanol–water partition coefficient (Wildman–Crippen LogP) is 2.07. The highest BCUT2D eigenvalue weighted by molar-refractivity contribution is 5.91. The number of benzene rings is 1. The Bertz CT molecular complexity index is 461. The van der Waals surface area contributed by atoms with E-state index < -0.39 is 23.8 Å². The van der Waals surface area contributed by atoms with Crippen LogP contribution >= 0.6 is 0 Å². The third-order valence-electron chi connectivity index (χ3n) is 1.71. The lowest BCUT2D eigenvalue weighted by molar-refractivity contribution is -0.384. The Morgan fingerprint density at radius 1 is 1.44 bits per heavy atom. The topological polar surface area (TPSA) is 81.5 Å². The second-order valence-corrected chi connectivity index (χ2v) is 3.09. The van der Waals surface area contributed by atoms with Crippen LogP contribution in [0.15, 0.2) is 24.3 Å². The standard InChI is InChI=1S/C9H7F3N2O4/c10-9(11,12)18-5-8(15)13-6-2-1-3-7(4-6)14(16)17/h1-4H,5H2,(H,13,15). The van der Waals surface area contributed by atoms with Crippen molar-refractivity contribution in [3.63, 3.8) is 0 Å². The average molecular weight is 264 g/mol. The van der Waals surface area contributed by atoms with Crippen LogP contribution in [0.25, 0.3) is 0 Å². The number of non-ortho nitro benzene ring substituents is 1. The van der Waals surface area contributed by atoms with Crippen LogP contribution in [0.1, 0.15) is 0 Å². The van der Waals surface area contributed by atoms with Crippen molar-refractivity contribution < 1.29 is 27.6 Å². The number of nitrogens with one attached hydrogen (secondary N) is 1. The second-order valence-electron chi connectivity index (χ2n) is 3.09. The Balaban J connectivity index is 2.59. The summed E-state index contributed by atoms with van der Waals surface area (Å²) in [6.45, 7) is -1.22. The van der Waals surface area contributed by atoms with Crippen LogP contribution in [0.4, 0.5) is 24.5 Å². The third-order valence-corrected chi connectivity index (χ3v) is 1.71. The maximum absolute atomic E-state index is 11.6. The van der Waals surface area contributed by atoms with Crippen molar-refractivity contribution in [3.05, 3.63) is 34.4 Å². The molecule has 0 spiro atoms. The zero-order chi connectivity index (χ0) is 13.8. The molecule has 9 heteroatoms. The highest BCUT2D eigenvalue weighted by Crippen LogP contribution is 2.18. The third kappa shape index (κ3) is 4.78. The number of anilines is 1. The normalized spacial score (nSPS) is 11.1. The first-order valence-corrected chi connectivity index (χ1v) is 4.53. The molecule has 0 bridgehead atoms. The molecule has 0 aliphatic rings. The Morgan fingerprint density at radius 2 is 2.11 bits per heavy atom. The SMILES string of the molecule is O=C(COC(F)(F)F)Nc1cccc([N+](=O)[O-])c1. The van der Waals surface area contributed by atoms with Crippen molar-refractivity contribution >= 4 is 17.3 Å². The molecule has 0 heterocycles. The van der Waals surface area contributed by atoms with Gasteiger partial charge in [0.15, 0.2) is 0 Å². The molecule has 0 saturated carbocycles. The molecule has 0 aromatic heterocycles. The molecule has 18 heavy (non-hydrogen) atoms. The number of nitro groups is 1. The number of alkyl halides is 3. The van der Waals surface area contributed by atoms with Gasteiger partial charge in [0.05, 0.1) is 4.92 Å². The molecule has 6 nitrogen and oxygen atoms in total. The molecule has 0 aliphatic heterocycles. The van der Waals surface area contributed by atoms with Gasteiger partial charge < -0.3 is 5.32 Å². The summed E-state index contributed by atoms with van der Waals surface area (Å²) >= 11 is 0. The van der Waals surface area contributed by atoms with E-state index in [0.29, 0.717) is 0 Å². The lowest BCUT2D eigenvalue weighted by Gasteiger charge is -2.07. The van der Waals surface area contributed by atoms with Gasteiger partial charge in [-0.3, -0.25) is 19.6 Å². The zero-order valence-electron chi connectivity index (χ0n) is 8.73. The number of hydrogen-bond donors (Lipinski definition) is 1. The number of amides is 1. The zero-order valence-corrected chi connectivity index (χ0v) is 8.73. The fourth-order valence-electron chi connectivity index (χ4n) is 1.04. The van der Waals surface area contributed by atoms with Crippen molar-refractivity contribution in [3.8, 4) is 0 Å². The predicted molar refractivity (Wildman–Crippen MR) is 53.7 cm³/mol. The van der Waals surface area contributed by atoms with E-state index in [1.165, 1.54) is 18.2 Å². The number of carbonyl (C=O) groups is 1. The molecular formula is C9H7F3N2O4. The second kappa shape index (κ2) is 5.45. The maximum Gasteiger partial charge on any atom is 0.523 e. The van der Waals surface area contributed by atoms with Gasteiger partial charge in [-0.15, -0.1) is 13.2 Å². The highest BCUT2D eigenvalue weighted by Gasteiger charge is 2.30. The van der Waals surface area contributed by atoms with E-state index in [1.54, 1.807) is 0 Å². The minimum Gasteiger partial charge on any atom is -0.324 e. The summed E-state index contributed by atoms with van der Waals surface area (Å²) in [5, 5.41) is 12.5. The van der Waals surface area contributed by atoms with E-state index in [9.17, 15) is 28.1 Å². The van der Waals surface area contributed by atoms with Gasteiger partial charge in [-0.1, -0.05) is 6.07 Å². The van der Waals surface area contributed by atoms with Crippen LogP contribution in [0.2, 0.25) is 0 Å². The van der Waals surface area contributed by atoms with Crippen molar-refractivity contribution in [2.75, 3.05) is 11.9 Å². The summed E-state index contributed by atoms with van der Waals surface area (Å²) in [7, 11) is 0. The van der Waals surface area contributed by atoms with Crippen LogP contribution < -0.4 is 5.32 Å². The van der Waals surface area contributed by atoms with Gasteiger partial charge in [-0.25, -0.2) is 0 Å². The number of carbonyl (C=O) groups excluding carboxylic acids is 1. The number of ether oxygens (including phenoxy) is 1. The lowest BCUT2D eigenvalue weighted by atomic mass is 10.3. The summed E-state index contributed by atoms with van der Waals surface area (Å²) in [4.78, 5) is 20.8. The van der Waals surface area contributed by atoms with Crippen molar-refractivity contribution in [1.82, 2.24) is 0 Å². The first-order chi connectivity index (χ1) is 8.28. The molecule has 1 rings (SSSR count). The first-order valence-electron chi connectivity index (χ1n) is 4.53. The monoisotopic (exact) mass is 264 g/mol. The summed E-state index contributed by atoms with van der Waals surface area (Å²) in [6, 6.07) is 4.80. The minimum atomic E-state index is -4.90. The molecule has 0 unspecified atom stereocenters. The first kappa shape index (κ1) is 13.9. The Kier molecular flexibility index (Phi) is 4.21. The molecular weight excluding hydrogens is 257 g/mol. The van der Waals surface area contributed by atoms with Gasteiger partial charge in [-0.2, -0.15) is 0 Å². The van der Waals surface area contributed by atoms with E-state index in [1.807, 2.05) is 5.32 Å². The van der Waals surface area contributed by atoms with Gasteiger partial charge in [0.25, 0.3) is 11.6 Å². The van der Waals surface area contributed by atoms with Crippen LogP contribution in [-0.2, 0) is 9.53 Å². The number of rotatable bonds is 4. The van der Waals surface area contributed by atoms with Gasteiger partial charge in [0, 0.05) is 17.8 Å². The largest absolute Gasteiger partial charge is 0.523 e.